The summed E-state index contributed by atoms with van der Waals surface area (Å²) in [6, 6.07) is 5.83. The van der Waals surface area contributed by atoms with Crippen LogP contribution in [0, 0.1) is 6.92 Å². The number of carbonyl (C=O) groups is 2. The number of benzene rings is 1. The average molecular weight is 389 g/mol. The van der Waals surface area contributed by atoms with E-state index in [1.165, 1.54) is 0 Å². The first-order chi connectivity index (χ1) is 11.0. The van der Waals surface area contributed by atoms with E-state index in [2.05, 4.69) is 10.2 Å². The second kappa shape index (κ2) is 9.27. The number of halogens is 2. The smallest absolute Gasteiger partial charge is 0.254 e. The first kappa shape index (κ1) is 21.5. The molecule has 1 aromatic rings. The third-order valence-electron chi connectivity index (χ3n) is 4.46. The molecule has 0 atom stereocenters. The van der Waals surface area contributed by atoms with Crippen molar-refractivity contribution in [1.82, 2.24) is 15.1 Å². The molecule has 25 heavy (non-hydrogen) atoms. The number of amides is 2. The van der Waals surface area contributed by atoms with Crippen LogP contribution in [0.25, 0.3) is 0 Å². The number of nitrogens with two attached hydrogens (primary N) is 1. The molecule has 1 aliphatic heterocycles. The first-order valence-corrected chi connectivity index (χ1v) is 8.20. The normalized spacial score (nSPS) is 17.2. The van der Waals surface area contributed by atoms with Gasteiger partial charge in [-0.1, -0.05) is 6.07 Å². The maximum Gasteiger partial charge on any atom is 0.254 e. The second-order valence-corrected chi connectivity index (χ2v) is 6.48. The number of nitrogen functional groups attached to an aromatic ring is 1. The number of nitrogens with one attached hydrogen (secondary N) is 1. The maximum atomic E-state index is 12.6. The molecule has 0 bridgehead atoms. The zero-order valence-electron chi connectivity index (χ0n) is 14.4. The Kier molecular flexibility index (Phi) is 7.99. The SMILES string of the molecule is Cc1ccc(N)cc1C(=O)N1CCN(CC(=O)NC2CC2)CC1.Cl.Cl. The van der Waals surface area contributed by atoms with Gasteiger partial charge in [-0.2, -0.15) is 0 Å². The van der Waals surface area contributed by atoms with E-state index >= 15 is 0 Å². The highest BCUT2D eigenvalue weighted by Crippen LogP contribution is 2.19. The lowest BCUT2D eigenvalue weighted by molar-refractivity contribution is -0.122. The lowest BCUT2D eigenvalue weighted by atomic mass is 10.1. The Morgan fingerprint density at radius 2 is 1.80 bits per heavy atom. The van der Waals surface area contributed by atoms with Gasteiger partial charge < -0.3 is 16.0 Å². The maximum absolute atomic E-state index is 12.6. The molecule has 1 aromatic carbocycles. The molecule has 1 aliphatic carbocycles. The number of carbonyl (C=O) groups excluding carboxylic acids is 2. The number of nitrogens with zero attached hydrogens (tertiary/aromatic N) is 2. The van der Waals surface area contributed by atoms with Crippen LogP contribution in [-0.2, 0) is 4.79 Å². The van der Waals surface area contributed by atoms with Gasteiger partial charge in [0.1, 0.15) is 0 Å². The van der Waals surface area contributed by atoms with Crippen LogP contribution in [-0.4, -0.2) is 60.4 Å². The largest absolute Gasteiger partial charge is 0.399 e. The average Bonchev–Trinajstić information content (AvgIpc) is 3.33. The van der Waals surface area contributed by atoms with Crippen LogP contribution in [0.2, 0.25) is 0 Å². The van der Waals surface area contributed by atoms with Gasteiger partial charge in [0.15, 0.2) is 0 Å². The van der Waals surface area contributed by atoms with Gasteiger partial charge in [0.25, 0.3) is 5.91 Å². The van der Waals surface area contributed by atoms with Crippen molar-refractivity contribution in [3.63, 3.8) is 0 Å². The van der Waals surface area contributed by atoms with E-state index in [0.29, 0.717) is 36.9 Å². The molecule has 8 heteroatoms. The van der Waals surface area contributed by atoms with Gasteiger partial charge in [-0.15, -0.1) is 24.8 Å². The zero-order valence-corrected chi connectivity index (χ0v) is 16.0. The van der Waals surface area contributed by atoms with Gasteiger partial charge in [-0.25, -0.2) is 0 Å². The Hall–Kier alpha value is -1.50. The Morgan fingerprint density at radius 1 is 1.16 bits per heavy atom. The number of hydrogen-bond donors (Lipinski definition) is 2. The van der Waals surface area contributed by atoms with Crippen LogP contribution in [0.3, 0.4) is 0 Å². The van der Waals surface area contributed by atoms with Gasteiger partial charge in [0, 0.05) is 43.5 Å². The topological polar surface area (TPSA) is 78.7 Å². The molecule has 1 saturated heterocycles. The molecular weight excluding hydrogens is 363 g/mol. The summed E-state index contributed by atoms with van der Waals surface area (Å²) in [5.41, 5.74) is 8.01. The summed E-state index contributed by atoms with van der Waals surface area (Å²) >= 11 is 0. The van der Waals surface area contributed by atoms with Crippen LogP contribution >= 0.6 is 24.8 Å². The Bertz CT molecular complexity index is 615. The van der Waals surface area contributed by atoms with Crippen LogP contribution in [0.15, 0.2) is 18.2 Å². The van der Waals surface area contributed by atoms with Crippen LogP contribution < -0.4 is 11.1 Å². The van der Waals surface area contributed by atoms with Crippen molar-refractivity contribution in [2.24, 2.45) is 0 Å². The molecule has 0 unspecified atom stereocenters. The third-order valence-corrected chi connectivity index (χ3v) is 4.46. The van der Waals surface area contributed by atoms with E-state index in [9.17, 15) is 9.59 Å². The minimum Gasteiger partial charge on any atom is -0.399 e. The molecule has 2 aliphatic rings. The fourth-order valence-electron chi connectivity index (χ4n) is 2.85. The number of anilines is 1. The number of hydrogen-bond acceptors (Lipinski definition) is 4. The lowest BCUT2D eigenvalue weighted by Crippen LogP contribution is -2.51. The summed E-state index contributed by atoms with van der Waals surface area (Å²) in [5, 5.41) is 3.00. The van der Waals surface area contributed by atoms with E-state index in [1.807, 2.05) is 24.0 Å². The summed E-state index contributed by atoms with van der Waals surface area (Å²) in [4.78, 5) is 28.4. The summed E-state index contributed by atoms with van der Waals surface area (Å²) in [6.07, 6.45) is 2.21. The van der Waals surface area contributed by atoms with Gasteiger partial charge in [0.05, 0.1) is 6.54 Å². The molecule has 0 spiro atoms. The highest BCUT2D eigenvalue weighted by molar-refractivity contribution is 5.96. The van der Waals surface area contributed by atoms with Gasteiger partial charge in [-0.05, 0) is 37.5 Å². The minimum absolute atomic E-state index is 0. The van der Waals surface area contributed by atoms with Crippen LogP contribution in [0.4, 0.5) is 5.69 Å². The molecule has 3 N–H and O–H groups in total. The van der Waals surface area contributed by atoms with Crippen molar-refractivity contribution < 1.29 is 9.59 Å². The van der Waals surface area contributed by atoms with Crippen molar-refractivity contribution in [2.75, 3.05) is 38.5 Å². The van der Waals surface area contributed by atoms with E-state index in [1.54, 1.807) is 6.07 Å². The Morgan fingerprint density at radius 3 is 2.40 bits per heavy atom. The van der Waals surface area contributed by atoms with E-state index in [4.69, 9.17) is 5.73 Å². The molecule has 3 rings (SSSR count). The van der Waals surface area contributed by atoms with Gasteiger partial charge in [-0.3, -0.25) is 14.5 Å². The fraction of sp³-hybridized carbons (Fsp3) is 0.529. The fourth-order valence-corrected chi connectivity index (χ4v) is 2.85. The van der Waals surface area contributed by atoms with Crippen molar-refractivity contribution in [3.8, 4) is 0 Å². The number of aryl methyl sites for hydroxylation is 1. The lowest BCUT2D eigenvalue weighted by Gasteiger charge is -2.34. The molecule has 1 saturated carbocycles. The highest BCUT2D eigenvalue weighted by Gasteiger charge is 2.27. The van der Waals surface area contributed by atoms with E-state index in [-0.39, 0.29) is 36.6 Å². The summed E-state index contributed by atoms with van der Waals surface area (Å²) < 4.78 is 0. The number of rotatable bonds is 4. The molecule has 0 aromatic heterocycles. The standard InChI is InChI=1S/C17H24N4O2.2ClH/c1-12-2-3-13(18)10-15(12)17(23)21-8-6-20(7-9-21)11-16(22)19-14-4-5-14;;/h2-3,10,14H,4-9,11,18H2,1H3,(H,19,22);2*1H. The Balaban J connectivity index is 0.00000156. The third kappa shape index (κ3) is 5.76. The second-order valence-electron chi connectivity index (χ2n) is 6.48. The van der Waals surface area contributed by atoms with Crippen molar-refractivity contribution in [2.45, 2.75) is 25.8 Å². The monoisotopic (exact) mass is 388 g/mol. The number of piperazine rings is 1. The van der Waals surface area contributed by atoms with Gasteiger partial charge in [0.2, 0.25) is 5.91 Å². The van der Waals surface area contributed by atoms with Crippen molar-refractivity contribution >= 4 is 42.3 Å². The zero-order chi connectivity index (χ0) is 16.4. The van der Waals surface area contributed by atoms with Crippen molar-refractivity contribution in [1.29, 1.82) is 0 Å². The van der Waals surface area contributed by atoms with Crippen LogP contribution in [0.1, 0.15) is 28.8 Å². The van der Waals surface area contributed by atoms with E-state index < -0.39 is 0 Å². The molecular formula is C17H26Cl2N4O2. The molecule has 6 nitrogen and oxygen atoms in total. The molecule has 2 amide bonds. The van der Waals surface area contributed by atoms with E-state index in [0.717, 1.165) is 31.5 Å². The predicted molar refractivity (Wildman–Crippen MR) is 104 cm³/mol. The predicted octanol–water partition coefficient (Wildman–Crippen LogP) is 1.46. The highest BCUT2D eigenvalue weighted by atomic mass is 35.5. The summed E-state index contributed by atoms with van der Waals surface area (Å²) in [6.45, 7) is 5.09. The first-order valence-electron chi connectivity index (χ1n) is 8.20. The molecule has 1 heterocycles. The molecule has 2 fully saturated rings. The van der Waals surface area contributed by atoms with Crippen molar-refractivity contribution in [3.05, 3.63) is 29.3 Å². The van der Waals surface area contributed by atoms with Gasteiger partial charge >= 0.3 is 0 Å². The summed E-state index contributed by atoms with van der Waals surface area (Å²) in [5.74, 6) is 0.121. The molecule has 0 radical (unpaired) electrons. The summed E-state index contributed by atoms with van der Waals surface area (Å²) in [7, 11) is 0. The Labute approximate surface area is 160 Å². The quantitative estimate of drug-likeness (QED) is 0.765. The van der Waals surface area contributed by atoms with Crippen LogP contribution in [0.5, 0.6) is 0 Å². The minimum atomic E-state index is 0. The molecule has 140 valence electrons.